The van der Waals surface area contributed by atoms with Crippen molar-refractivity contribution in [3.63, 3.8) is 0 Å². The molecule has 5 nitrogen and oxygen atoms in total. The van der Waals surface area contributed by atoms with Gasteiger partial charge >= 0.3 is 0 Å². The van der Waals surface area contributed by atoms with Gasteiger partial charge in [-0.15, -0.1) is 0 Å². The summed E-state index contributed by atoms with van der Waals surface area (Å²) in [5.74, 6) is 0.0469. The van der Waals surface area contributed by atoms with Crippen molar-refractivity contribution < 1.29 is 17.9 Å². The van der Waals surface area contributed by atoms with E-state index < -0.39 is 15.9 Å². The minimum atomic E-state index is -4.20. The fourth-order valence-corrected chi connectivity index (χ4v) is 4.84. The number of anilines is 1. The van der Waals surface area contributed by atoms with Crippen molar-refractivity contribution in [2.75, 3.05) is 11.4 Å². The van der Waals surface area contributed by atoms with Crippen molar-refractivity contribution in [3.05, 3.63) is 94.5 Å². The second-order valence-electron chi connectivity index (χ2n) is 7.89. The Bertz CT molecular complexity index is 1260. The molecule has 0 radical (unpaired) electrons. The van der Waals surface area contributed by atoms with Crippen LogP contribution in [0.2, 0.25) is 5.02 Å². The Morgan fingerprint density at radius 1 is 1.00 bits per heavy atom. The zero-order valence-corrected chi connectivity index (χ0v) is 20.5. The number of carbonyl (C=O) groups is 1. The lowest BCUT2D eigenvalue weighted by Crippen LogP contribution is -2.35. The number of rotatable bonds is 7. The van der Waals surface area contributed by atoms with Crippen LogP contribution in [-0.4, -0.2) is 21.4 Å². The Hall–Kier alpha value is -3.09. The molecule has 3 aromatic carbocycles. The van der Waals surface area contributed by atoms with Gasteiger partial charge in [-0.1, -0.05) is 67.4 Å². The van der Waals surface area contributed by atoms with Gasteiger partial charge in [0.2, 0.25) is 0 Å². The Morgan fingerprint density at radius 3 is 2.18 bits per heavy atom. The second kappa shape index (κ2) is 10.2. The van der Waals surface area contributed by atoms with Crippen molar-refractivity contribution >= 4 is 39.3 Å². The molecular weight excluding hydrogens is 458 g/mol. The molecule has 0 aliphatic carbocycles. The summed E-state index contributed by atoms with van der Waals surface area (Å²) in [6, 6.07) is 18.5. The van der Waals surface area contributed by atoms with Crippen LogP contribution in [-0.2, 0) is 14.8 Å². The fraction of sp³-hybridized carbons (Fsp3) is 0.192. The molecular formula is C26H26ClNO4S. The van der Waals surface area contributed by atoms with Crippen molar-refractivity contribution in [2.24, 2.45) is 0 Å². The topological polar surface area (TPSA) is 63.7 Å². The minimum Gasteiger partial charge on any atom is -0.495 e. The summed E-state index contributed by atoms with van der Waals surface area (Å²) >= 11 is 6.23. The average molecular weight is 484 g/mol. The van der Waals surface area contributed by atoms with Crippen LogP contribution in [0.1, 0.15) is 36.5 Å². The maximum absolute atomic E-state index is 13.5. The van der Waals surface area contributed by atoms with E-state index in [9.17, 15) is 13.2 Å². The first-order valence-electron chi connectivity index (χ1n) is 10.4. The van der Waals surface area contributed by atoms with E-state index in [1.165, 1.54) is 49.1 Å². The molecule has 0 saturated carbocycles. The quantitative estimate of drug-likeness (QED) is 0.374. The molecule has 3 rings (SSSR count). The number of carbonyl (C=O) groups excluding carboxylic acids is 1. The van der Waals surface area contributed by atoms with Crippen LogP contribution in [0.3, 0.4) is 0 Å². The van der Waals surface area contributed by atoms with Crippen LogP contribution in [0.25, 0.3) is 6.08 Å². The average Bonchev–Trinajstić information content (AvgIpc) is 2.78. The first-order chi connectivity index (χ1) is 15.6. The van der Waals surface area contributed by atoms with Crippen molar-refractivity contribution in [1.29, 1.82) is 0 Å². The number of benzene rings is 3. The van der Waals surface area contributed by atoms with Gasteiger partial charge in [0.05, 0.1) is 22.7 Å². The number of amides is 1. The summed E-state index contributed by atoms with van der Waals surface area (Å²) in [6.07, 6.45) is 2.84. The number of sulfonamides is 1. The highest BCUT2D eigenvalue weighted by Crippen LogP contribution is 2.32. The highest BCUT2D eigenvalue weighted by molar-refractivity contribution is 7.93. The number of aryl methyl sites for hydroxylation is 1. The third kappa shape index (κ3) is 5.64. The van der Waals surface area contributed by atoms with Gasteiger partial charge in [-0.25, -0.2) is 8.42 Å². The molecule has 7 heteroatoms. The minimum absolute atomic E-state index is 0.00285. The molecule has 0 saturated heterocycles. The highest BCUT2D eigenvalue weighted by atomic mass is 35.5. The Kier molecular flexibility index (Phi) is 7.61. The second-order valence-corrected chi connectivity index (χ2v) is 10.1. The number of nitrogens with zero attached hydrogens (tertiary/aromatic N) is 1. The predicted molar refractivity (Wildman–Crippen MR) is 133 cm³/mol. The van der Waals surface area contributed by atoms with Crippen molar-refractivity contribution in [3.8, 4) is 5.75 Å². The normalized spacial score (nSPS) is 11.7. The van der Waals surface area contributed by atoms with Gasteiger partial charge in [0, 0.05) is 6.08 Å². The van der Waals surface area contributed by atoms with Gasteiger partial charge < -0.3 is 4.74 Å². The first-order valence-corrected chi connectivity index (χ1v) is 12.2. The summed E-state index contributed by atoms with van der Waals surface area (Å²) in [4.78, 5) is 13.2. The molecule has 1 amide bonds. The molecule has 0 N–H and O–H groups in total. The molecule has 0 aromatic heterocycles. The largest absolute Gasteiger partial charge is 0.495 e. The standard InChI is InChI=1S/C26H26ClNO4S/c1-18(2)21-10-7-20(8-11-21)9-16-26(29)28(22-12-15-25(32-4)24(27)17-22)33(30,31)23-13-5-19(3)6-14-23/h5-18H,1-4H3/b16-9+. The van der Waals surface area contributed by atoms with Crippen LogP contribution < -0.4 is 9.04 Å². The lowest BCUT2D eigenvalue weighted by Gasteiger charge is -2.22. The number of ether oxygens (including phenoxy) is 1. The molecule has 0 heterocycles. The third-order valence-electron chi connectivity index (χ3n) is 5.15. The predicted octanol–water partition coefficient (Wildman–Crippen LogP) is 6.22. The van der Waals surface area contributed by atoms with E-state index in [-0.39, 0.29) is 15.6 Å². The molecule has 0 aliphatic rings. The zero-order chi connectivity index (χ0) is 24.2. The molecule has 172 valence electrons. The van der Waals surface area contributed by atoms with Crippen molar-refractivity contribution in [2.45, 2.75) is 31.6 Å². The van der Waals surface area contributed by atoms with Crippen LogP contribution >= 0.6 is 11.6 Å². The third-order valence-corrected chi connectivity index (χ3v) is 7.19. The number of methoxy groups -OCH3 is 1. The Morgan fingerprint density at radius 2 is 1.64 bits per heavy atom. The summed E-state index contributed by atoms with van der Waals surface area (Å²) in [7, 11) is -2.74. The zero-order valence-electron chi connectivity index (χ0n) is 18.9. The summed E-state index contributed by atoms with van der Waals surface area (Å²) in [6.45, 7) is 6.06. The lowest BCUT2D eigenvalue weighted by molar-refractivity contribution is -0.113. The lowest BCUT2D eigenvalue weighted by atomic mass is 10.0. The highest BCUT2D eigenvalue weighted by Gasteiger charge is 2.30. The van der Waals surface area contributed by atoms with Gasteiger partial charge in [0.15, 0.2) is 0 Å². The van der Waals surface area contributed by atoms with Gasteiger partial charge in [0.25, 0.3) is 15.9 Å². The van der Waals surface area contributed by atoms with E-state index in [4.69, 9.17) is 16.3 Å². The first kappa shape index (κ1) is 24.6. The van der Waals surface area contributed by atoms with E-state index in [1.54, 1.807) is 18.2 Å². The summed E-state index contributed by atoms with van der Waals surface area (Å²) in [5.41, 5.74) is 2.98. The molecule has 0 bridgehead atoms. The summed E-state index contributed by atoms with van der Waals surface area (Å²) in [5, 5.41) is 0.195. The molecule has 33 heavy (non-hydrogen) atoms. The fourth-order valence-electron chi connectivity index (χ4n) is 3.21. The Labute approximate surface area is 200 Å². The van der Waals surface area contributed by atoms with E-state index in [0.717, 1.165) is 15.4 Å². The molecule has 0 atom stereocenters. The van der Waals surface area contributed by atoms with E-state index in [2.05, 4.69) is 13.8 Å². The molecule has 3 aromatic rings. The molecule has 0 spiro atoms. The Balaban J connectivity index is 2.03. The van der Waals surface area contributed by atoms with E-state index in [0.29, 0.717) is 11.7 Å². The van der Waals surface area contributed by atoms with Crippen LogP contribution in [0.5, 0.6) is 5.75 Å². The monoisotopic (exact) mass is 483 g/mol. The van der Waals surface area contributed by atoms with E-state index >= 15 is 0 Å². The molecule has 0 aliphatic heterocycles. The number of hydrogen-bond acceptors (Lipinski definition) is 4. The molecule has 0 fully saturated rings. The van der Waals surface area contributed by atoms with Gasteiger partial charge in [0.1, 0.15) is 5.75 Å². The maximum Gasteiger partial charge on any atom is 0.271 e. The van der Waals surface area contributed by atoms with E-state index in [1.807, 2.05) is 31.2 Å². The summed E-state index contributed by atoms with van der Waals surface area (Å²) < 4.78 is 32.9. The number of hydrogen-bond donors (Lipinski definition) is 0. The van der Waals surface area contributed by atoms with Crippen LogP contribution in [0, 0.1) is 6.92 Å². The smallest absolute Gasteiger partial charge is 0.271 e. The van der Waals surface area contributed by atoms with Gasteiger partial charge in [-0.2, -0.15) is 4.31 Å². The van der Waals surface area contributed by atoms with Crippen molar-refractivity contribution in [1.82, 2.24) is 0 Å². The van der Waals surface area contributed by atoms with Crippen LogP contribution in [0.15, 0.2) is 77.7 Å². The SMILES string of the molecule is COc1ccc(N(C(=O)/C=C/c2ccc(C(C)C)cc2)S(=O)(=O)c2ccc(C)cc2)cc1Cl. The van der Waals surface area contributed by atoms with Crippen LogP contribution in [0.4, 0.5) is 5.69 Å². The maximum atomic E-state index is 13.5. The van der Waals surface area contributed by atoms with Gasteiger partial charge in [-0.3, -0.25) is 4.79 Å². The van der Waals surface area contributed by atoms with Gasteiger partial charge in [-0.05, 0) is 60.4 Å². The number of halogens is 1. The molecule has 0 unspecified atom stereocenters.